The number of aromatic nitrogens is 8. The molecular weight excluding hydrogens is 1840 g/mol. The number of piperazine rings is 2. The summed E-state index contributed by atoms with van der Waals surface area (Å²) in [5.41, 5.74) is 6.17. The second-order valence-corrected chi connectivity index (χ2v) is 43.4. The smallest absolute Gasteiger partial charge is 0.254 e. The summed E-state index contributed by atoms with van der Waals surface area (Å²) in [4.78, 5) is 114. The van der Waals surface area contributed by atoms with Crippen molar-refractivity contribution in [3.63, 3.8) is 0 Å². The average molecular weight is 1980 g/mol. The highest BCUT2D eigenvalue weighted by Crippen LogP contribution is 2.56. The summed E-state index contributed by atoms with van der Waals surface area (Å²) in [6.45, 7) is 22.0. The number of piperidine rings is 4. The third kappa shape index (κ3) is 22.0. The van der Waals surface area contributed by atoms with Crippen LogP contribution in [0, 0.1) is 59.1 Å². The van der Waals surface area contributed by atoms with Crippen molar-refractivity contribution in [2.75, 3.05) is 170 Å². The second kappa shape index (κ2) is 43.7. The van der Waals surface area contributed by atoms with Gasteiger partial charge in [-0.05, 0) is 249 Å². The van der Waals surface area contributed by atoms with Crippen LogP contribution < -0.4 is 50.8 Å². The highest BCUT2D eigenvalue weighted by atomic mass is 19.1. The Kier molecular flexibility index (Phi) is 30.1. The highest BCUT2D eigenvalue weighted by Gasteiger charge is 2.53. The van der Waals surface area contributed by atoms with Crippen molar-refractivity contribution in [3.8, 4) is 70.3 Å². The number of para-hydroxylation sites is 2. The van der Waals surface area contributed by atoms with Crippen molar-refractivity contribution in [1.82, 2.24) is 90.8 Å². The highest BCUT2D eigenvalue weighted by molar-refractivity contribution is 5.94. The Bertz CT molecular complexity index is 6030. The van der Waals surface area contributed by atoms with Crippen LogP contribution in [-0.2, 0) is 37.1 Å². The summed E-state index contributed by atoms with van der Waals surface area (Å²) in [7, 11) is 1.47. The number of nitrogens with zero attached hydrogens (tertiary/aromatic N) is 18. The summed E-state index contributed by atoms with van der Waals surface area (Å²) in [6, 6.07) is 24.6. The largest absolute Gasteiger partial charge is 0.507 e. The number of aromatic hydroxyl groups is 2. The van der Waals surface area contributed by atoms with Gasteiger partial charge in [-0.1, -0.05) is 62.9 Å². The number of aliphatic hydroxyl groups excluding tert-OH is 2. The molecule has 5 aromatic heterocycles. The van der Waals surface area contributed by atoms with Crippen LogP contribution in [0.2, 0.25) is 0 Å². The zero-order valence-corrected chi connectivity index (χ0v) is 83.7. The number of amides is 5. The maximum Gasteiger partial charge on any atom is 0.254 e. The van der Waals surface area contributed by atoms with E-state index in [1.807, 2.05) is 69.6 Å². The topological polar surface area (TPSA) is 394 Å². The summed E-state index contributed by atoms with van der Waals surface area (Å²) in [5.74, 6) is 4.01. The van der Waals surface area contributed by atoms with Gasteiger partial charge in [-0.25, -0.2) is 14.4 Å². The molecule has 35 nitrogen and oxygen atoms in total. The van der Waals surface area contributed by atoms with E-state index in [0.717, 1.165) is 191 Å². The monoisotopic (exact) mass is 1980 g/mol. The van der Waals surface area contributed by atoms with E-state index < -0.39 is 82.9 Å². The van der Waals surface area contributed by atoms with Crippen molar-refractivity contribution in [1.29, 1.82) is 0 Å². The molecule has 10 aliphatic heterocycles. The number of phenolic OH excluding ortho intramolecular Hbond substituents is 2. The van der Waals surface area contributed by atoms with E-state index in [1.165, 1.54) is 60.9 Å². The number of β-amino-alcohol motifs (C(OH)–C–C–N with tert-alkyl or cyclic N) is 2. The molecule has 5 amide bonds. The van der Waals surface area contributed by atoms with E-state index >= 15 is 18.8 Å². The number of terminal acetylenes is 2. The fraction of sp³-hybridized carbons (Fsp3) is 0.569. The molecule has 8 aromatic rings. The molecule has 2 unspecified atom stereocenters. The van der Waals surface area contributed by atoms with Gasteiger partial charge in [0.05, 0.1) is 60.7 Å². The van der Waals surface area contributed by atoms with Gasteiger partial charge in [0.2, 0.25) is 35.5 Å². The van der Waals surface area contributed by atoms with Crippen LogP contribution in [-0.4, -0.2) is 330 Å². The molecule has 9 N–H and O–H groups in total. The van der Waals surface area contributed by atoms with Crippen LogP contribution in [0.15, 0.2) is 114 Å². The van der Waals surface area contributed by atoms with Crippen LogP contribution in [0.3, 0.4) is 0 Å². The van der Waals surface area contributed by atoms with Crippen molar-refractivity contribution in [2.45, 2.75) is 222 Å². The molecule has 9 atom stereocenters. The number of phenols is 2. The first kappa shape index (κ1) is 99.9. The number of benzene rings is 3. The Morgan fingerprint density at radius 2 is 1.19 bits per heavy atom. The first-order valence-corrected chi connectivity index (χ1v) is 52.6. The molecule has 768 valence electrons. The predicted molar refractivity (Wildman–Crippen MR) is 545 cm³/mol. The molecule has 15 heterocycles. The second-order valence-electron chi connectivity index (χ2n) is 43.4. The molecule has 12 aliphatic rings. The summed E-state index contributed by atoms with van der Waals surface area (Å²) < 4.78 is 33.5. The maximum atomic E-state index is 15.9. The van der Waals surface area contributed by atoms with E-state index in [2.05, 4.69) is 114 Å². The molecule has 145 heavy (non-hydrogen) atoms. The van der Waals surface area contributed by atoms with E-state index in [4.69, 9.17) is 36.8 Å². The maximum absolute atomic E-state index is 15.9. The zero-order valence-electron chi connectivity index (χ0n) is 83.7. The van der Waals surface area contributed by atoms with Gasteiger partial charge in [0.1, 0.15) is 59.4 Å². The Morgan fingerprint density at radius 3 is 1.80 bits per heavy atom. The molecule has 0 bridgehead atoms. The van der Waals surface area contributed by atoms with Gasteiger partial charge in [-0.15, -0.1) is 33.2 Å². The number of halogens is 1. The number of ether oxygens (including phenoxy) is 2. The van der Waals surface area contributed by atoms with Crippen LogP contribution in [0.1, 0.15) is 182 Å². The lowest BCUT2D eigenvalue weighted by molar-refractivity contribution is -0.145. The van der Waals surface area contributed by atoms with Gasteiger partial charge in [0.15, 0.2) is 17.4 Å². The number of hydrogen-bond donors (Lipinski definition) is 9. The number of hydrogen-bond acceptors (Lipinski definition) is 30. The van der Waals surface area contributed by atoms with Gasteiger partial charge < -0.3 is 100 Å². The van der Waals surface area contributed by atoms with E-state index in [1.54, 1.807) is 36.4 Å². The van der Waals surface area contributed by atoms with Crippen LogP contribution in [0.4, 0.5) is 33.3 Å². The Morgan fingerprint density at radius 1 is 0.607 bits per heavy atom. The molecular formula is C109H138FN23O12. The van der Waals surface area contributed by atoms with E-state index in [0.29, 0.717) is 114 Å². The van der Waals surface area contributed by atoms with Gasteiger partial charge in [0.25, 0.3) is 5.88 Å². The molecule has 8 saturated heterocycles. The molecule has 0 radical (unpaired) electrons. The fourth-order valence-electron chi connectivity index (χ4n) is 25.4. The minimum atomic E-state index is -1.24. The number of likely N-dealkylation sites (tertiary alicyclic amines) is 6. The number of carbonyl (C=O) groups is 5. The average Bonchev–Trinajstić information content (AvgIpc) is 1.48. The SMILES string of the molecule is C#Cc1ccc(CNC(=O)[C@@H]2C[C@@H](O)CN2C(=O)C(c2cc(OCCN3CCC(N4CCC(N5CCC(CN6CCN7c8cc(-c9ccccc9O)nnc8NC[C@H]7C6)CC5)CC4)CC3)no2)C(C)CCC(C)(C)[C@H](NC(=O)[C@H]2CCC3(CC2)C[C@H](N2CCC(c4cnc(N5CCN6c7cc(-c8ccccc8O)nnc7NC[C@H]6C5)nc4)CC2)C3)C(=O)N2C[C@H](O)C[C@H]2C(=O)NCc2ncc(C#C)cc2OC)c(F)c1. The molecule has 2 aliphatic carbocycles. The van der Waals surface area contributed by atoms with Gasteiger partial charge >= 0.3 is 0 Å². The predicted octanol–water partition coefficient (Wildman–Crippen LogP) is 8.84. The minimum absolute atomic E-state index is 0.0728. The molecule has 36 heteroatoms. The van der Waals surface area contributed by atoms with Crippen molar-refractivity contribution >= 4 is 58.5 Å². The number of carbonyl (C=O) groups excluding carboxylic acids is 5. The van der Waals surface area contributed by atoms with Gasteiger partial charge in [0, 0.05) is 174 Å². The molecule has 10 fully saturated rings. The number of methoxy groups -OCH3 is 1. The Hall–Kier alpha value is -12.4. The Labute approximate surface area is 847 Å². The third-order valence-corrected chi connectivity index (χ3v) is 34.1. The molecule has 2 saturated carbocycles. The third-order valence-electron chi connectivity index (χ3n) is 34.1. The van der Waals surface area contributed by atoms with Crippen LogP contribution in [0.5, 0.6) is 23.1 Å². The number of pyridine rings is 1. The number of aliphatic hydroxyl groups is 2. The number of fused-ring (bicyclic) bond motifs is 6. The van der Waals surface area contributed by atoms with Crippen molar-refractivity contribution in [2.24, 2.45) is 28.6 Å². The van der Waals surface area contributed by atoms with E-state index in [9.17, 15) is 30.0 Å². The summed E-state index contributed by atoms with van der Waals surface area (Å²) in [5, 5.41) is 82.5. The fourth-order valence-corrected chi connectivity index (χ4v) is 25.4. The minimum Gasteiger partial charge on any atom is -0.507 e. The van der Waals surface area contributed by atoms with Crippen molar-refractivity contribution < 1.29 is 62.8 Å². The zero-order chi connectivity index (χ0) is 100. The number of rotatable bonds is 30. The van der Waals surface area contributed by atoms with Crippen LogP contribution in [0.25, 0.3) is 22.5 Å². The summed E-state index contributed by atoms with van der Waals surface area (Å²) >= 11 is 0. The first-order chi connectivity index (χ1) is 70.3. The van der Waals surface area contributed by atoms with Gasteiger partial charge in [-0.2, -0.15) is 0 Å². The van der Waals surface area contributed by atoms with Crippen molar-refractivity contribution in [3.05, 3.63) is 149 Å². The summed E-state index contributed by atoms with van der Waals surface area (Å²) in [6.07, 6.45) is 28.8. The van der Waals surface area contributed by atoms with E-state index in [-0.39, 0.29) is 97.9 Å². The Balaban J connectivity index is 0.454. The molecule has 1 spiro atoms. The van der Waals surface area contributed by atoms with Gasteiger partial charge in [-0.3, -0.25) is 38.8 Å². The standard InChI is InChI=1S/C109H138FN23O12/c1-7-69-17-18-74(85(110)47-69)57-114-103(139)91-49-81(134)66-132(91)105(141)98(96-53-97(123-145-96)144-46-45-124-33-26-76(27-34-124)127-39-28-77(29-40-127)126-35-22-71(23-36-126)63-125-41-43-130-79(64-125)60-112-100-89(130)51-86(119-121-100)83-13-9-11-15-93(83)136)68(3)19-30-108(4,5)99(106(142)133-67-82(135)50-92(133)104(140)115-62-88-95(143-6)48-70(8-2)56-111-88)118-102(138)73-20-31-109(32-21-73)54-78(55-109)128-37-24-72(25-38-128)75-58-116-107(117-59-75)129-42-44-131-80(65-129)61-113-101-90(131)52-87(120-122-101)84-14-10-12-16-94(84)137/h1-2,9-18,47-48,51-53,56,58-59,68,71-73,76-82,91-92,98-99,134-137H,19-46,49-50,54-55,57,60-67H2,3-6H3,(H,112,121)(H,113,122)(H,114,139)(H,115,140)(H,118,138)/t68?,73-,78-,79-,80-,81+,82+,91-,92-,98?,99+,109?/m0/s1. The van der Waals surface area contributed by atoms with Crippen LogP contribution >= 0.6 is 0 Å². The lowest BCUT2D eigenvalue weighted by Crippen LogP contribution is -2.59. The first-order valence-electron chi connectivity index (χ1n) is 52.6. The molecule has 20 rings (SSSR count). The number of anilines is 5. The normalized spacial score (nSPS) is 24.9. The lowest BCUT2D eigenvalue weighted by atomic mass is 9.56. The molecule has 3 aromatic carbocycles. The lowest BCUT2D eigenvalue weighted by Gasteiger charge is -2.55. The number of nitrogens with one attached hydrogen (secondary N) is 5. The quantitative estimate of drug-likeness (QED) is 0.0190.